The van der Waals surface area contributed by atoms with Crippen LogP contribution in [0.25, 0.3) is 143 Å². The molecule has 2 nitrogen and oxygen atoms in total. The van der Waals surface area contributed by atoms with E-state index in [0.29, 0.717) is 0 Å². The zero-order chi connectivity index (χ0) is 64.9. The summed E-state index contributed by atoms with van der Waals surface area (Å²) in [4.78, 5) is 4.87. The zero-order valence-corrected chi connectivity index (χ0v) is 53.8. The van der Waals surface area contributed by atoms with Crippen LogP contribution in [0.3, 0.4) is 0 Å². The SMILES string of the molecule is c1ccc(-c2ccc(N(c3ccc(-c4ccc5ccccc5c4)cc3)c3ccccc3-c3cc4ccccc4c4ccc(-c5cccc6cc(-c7ccc(N(c8cccc(-c9ccccc9)c8)c8ccccc8-c8cc9ccccc9c9ccccc89)cc7)ccc56)cc34)cc2)cc1. The normalized spacial score (nSPS) is 11.5. The topological polar surface area (TPSA) is 6.48 Å². The van der Waals surface area contributed by atoms with E-state index < -0.39 is 0 Å². The molecule has 0 saturated carbocycles. The first-order valence-corrected chi connectivity index (χ1v) is 33.8. The fraction of sp³-hybridized carbons (Fsp3) is 0. The van der Waals surface area contributed by atoms with Gasteiger partial charge in [-0.2, -0.15) is 0 Å². The van der Waals surface area contributed by atoms with E-state index in [4.69, 9.17) is 0 Å². The van der Waals surface area contributed by atoms with Crippen LogP contribution >= 0.6 is 0 Å². The highest BCUT2D eigenvalue weighted by atomic mass is 15.1. The van der Waals surface area contributed by atoms with Gasteiger partial charge < -0.3 is 9.80 Å². The van der Waals surface area contributed by atoms with Crippen LogP contribution in [-0.4, -0.2) is 0 Å². The number of rotatable bonds is 13. The second kappa shape index (κ2) is 24.8. The lowest BCUT2D eigenvalue weighted by Gasteiger charge is -2.29. The summed E-state index contributed by atoms with van der Waals surface area (Å²) >= 11 is 0. The standard InChI is InChI=1S/C96H64N2/c1-3-21-65(22-4-1)68-43-51-79(52-44-68)97(80-53-45-69(46-54-80)73-42-41-67-25-7-8-26-71(67)59-73)95-39-17-16-37-91(95)94-63-77-28-10-12-33-85(77)89-58-50-78(64-93(89)94)83-38-20-30-75-60-74(49-57-86(75)83)70-47-55-81(56-48-70)98(82-31-19-29-72(61-82)66-23-5-2-6-24-66)96-40-18-15-36-90(96)92-62-76-27-9-11-32-84(76)87-34-13-14-35-88(87)92/h1-64H. The molecule has 0 atom stereocenters. The lowest BCUT2D eigenvalue weighted by molar-refractivity contribution is 1.28. The van der Waals surface area contributed by atoms with E-state index in [2.05, 4.69) is 398 Å². The van der Waals surface area contributed by atoms with Crippen LogP contribution in [0.15, 0.2) is 388 Å². The Morgan fingerprint density at radius 1 is 0.133 bits per heavy atom. The van der Waals surface area contributed by atoms with Crippen molar-refractivity contribution in [2.24, 2.45) is 0 Å². The second-order valence-electron chi connectivity index (χ2n) is 25.5. The number of fused-ring (bicyclic) bond motifs is 8. The van der Waals surface area contributed by atoms with Crippen LogP contribution in [-0.2, 0) is 0 Å². The number of nitrogens with zero attached hydrogens (tertiary/aromatic N) is 2. The van der Waals surface area contributed by atoms with Gasteiger partial charge in [-0.25, -0.2) is 0 Å². The average Bonchev–Trinajstić information content (AvgIpc) is 0.750. The molecule has 458 valence electrons. The van der Waals surface area contributed by atoms with E-state index >= 15 is 0 Å². The molecule has 0 amide bonds. The zero-order valence-electron chi connectivity index (χ0n) is 53.8. The second-order valence-corrected chi connectivity index (χ2v) is 25.5. The first-order valence-electron chi connectivity index (χ1n) is 33.8. The highest BCUT2D eigenvalue weighted by Crippen LogP contribution is 2.49. The van der Waals surface area contributed by atoms with Crippen molar-refractivity contribution in [2.45, 2.75) is 0 Å². The molecule has 0 saturated heterocycles. The van der Waals surface area contributed by atoms with E-state index in [1.165, 1.54) is 115 Å². The summed E-state index contributed by atoms with van der Waals surface area (Å²) in [7, 11) is 0. The lowest BCUT2D eigenvalue weighted by Crippen LogP contribution is -2.11. The molecule has 0 N–H and O–H groups in total. The smallest absolute Gasteiger partial charge is 0.0540 e. The van der Waals surface area contributed by atoms with Crippen molar-refractivity contribution < 1.29 is 0 Å². The quantitative estimate of drug-likeness (QED) is 0.106. The van der Waals surface area contributed by atoms with Crippen molar-refractivity contribution in [3.8, 4) is 77.9 Å². The molecule has 0 spiro atoms. The molecule has 0 aromatic heterocycles. The molecule has 0 heterocycles. The Labute approximate surface area is 571 Å². The van der Waals surface area contributed by atoms with Crippen LogP contribution in [0, 0.1) is 0 Å². The summed E-state index contributed by atoms with van der Waals surface area (Å²) in [6.45, 7) is 0. The Kier molecular flexibility index (Phi) is 14.6. The summed E-state index contributed by atoms with van der Waals surface area (Å²) < 4.78 is 0. The van der Waals surface area contributed by atoms with Gasteiger partial charge in [0.1, 0.15) is 0 Å². The first kappa shape index (κ1) is 57.8. The molecular weight excluding hydrogens is 1180 g/mol. The molecule has 0 aliphatic carbocycles. The van der Waals surface area contributed by atoms with Crippen molar-refractivity contribution in [3.05, 3.63) is 388 Å². The number of para-hydroxylation sites is 2. The summed E-state index contributed by atoms with van der Waals surface area (Å²) in [6, 6.07) is 143. The molecule has 0 radical (unpaired) electrons. The average molecular weight is 1250 g/mol. The van der Waals surface area contributed by atoms with Gasteiger partial charge in [0.15, 0.2) is 0 Å². The number of hydrogen-bond donors (Lipinski definition) is 0. The Bertz CT molecular complexity index is 6040. The van der Waals surface area contributed by atoms with Gasteiger partial charge in [-0.05, 0) is 222 Å². The van der Waals surface area contributed by atoms with Gasteiger partial charge >= 0.3 is 0 Å². The van der Waals surface area contributed by atoms with Crippen LogP contribution in [0.1, 0.15) is 0 Å². The molecular formula is C96H64N2. The van der Waals surface area contributed by atoms with E-state index in [1.807, 2.05) is 0 Å². The van der Waals surface area contributed by atoms with Crippen LogP contribution in [0.4, 0.5) is 34.1 Å². The van der Waals surface area contributed by atoms with Crippen molar-refractivity contribution in [1.29, 1.82) is 0 Å². The molecule has 18 aromatic rings. The highest BCUT2D eigenvalue weighted by Gasteiger charge is 2.23. The van der Waals surface area contributed by atoms with E-state index in [-0.39, 0.29) is 0 Å². The summed E-state index contributed by atoms with van der Waals surface area (Å²) in [5.41, 5.74) is 22.9. The van der Waals surface area contributed by atoms with Crippen molar-refractivity contribution >= 4 is 98.8 Å². The molecule has 0 aliphatic rings. The molecule has 0 unspecified atom stereocenters. The maximum absolute atomic E-state index is 2.44. The third kappa shape index (κ3) is 10.6. The summed E-state index contributed by atoms with van der Waals surface area (Å²) in [5.74, 6) is 0. The van der Waals surface area contributed by atoms with Crippen molar-refractivity contribution in [1.82, 2.24) is 0 Å². The summed E-state index contributed by atoms with van der Waals surface area (Å²) in [6.07, 6.45) is 0. The minimum absolute atomic E-state index is 1.07. The third-order valence-corrected chi connectivity index (χ3v) is 19.8. The largest absolute Gasteiger partial charge is 0.310 e. The van der Waals surface area contributed by atoms with Gasteiger partial charge in [0, 0.05) is 33.9 Å². The summed E-state index contributed by atoms with van der Waals surface area (Å²) in [5, 5.41) is 14.7. The minimum Gasteiger partial charge on any atom is -0.310 e. The Balaban J connectivity index is 0.726. The Morgan fingerprint density at radius 2 is 0.490 bits per heavy atom. The fourth-order valence-electron chi connectivity index (χ4n) is 15.0. The van der Waals surface area contributed by atoms with Gasteiger partial charge in [0.25, 0.3) is 0 Å². The molecule has 18 aromatic carbocycles. The maximum atomic E-state index is 2.44. The first-order chi connectivity index (χ1) is 48.6. The highest BCUT2D eigenvalue weighted by molar-refractivity contribution is 6.18. The van der Waals surface area contributed by atoms with Crippen molar-refractivity contribution in [2.75, 3.05) is 9.80 Å². The van der Waals surface area contributed by atoms with Gasteiger partial charge in [-0.15, -0.1) is 0 Å². The van der Waals surface area contributed by atoms with E-state index in [9.17, 15) is 0 Å². The van der Waals surface area contributed by atoms with E-state index in [0.717, 1.165) is 61.9 Å². The number of anilines is 6. The predicted molar refractivity (Wildman–Crippen MR) is 419 cm³/mol. The number of hydrogen-bond acceptors (Lipinski definition) is 2. The minimum atomic E-state index is 1.07. The lowest BCUT2D eigenvalue weighted by atomic mass is 9.89. The van der Waals surface area contributed by atoms with Crippen molar-refractivity contribution in [3.63, 3.8) is 0 Å². The Hall–Kier alpha value is -12.9. The van der Waals surface area contributed by atoms with Crippen LogP contribution in [0.2, 0.25) is 0 Å². The molecule has 18 rings (SSSR count). The monoisotopic (exact) mass is 1240 g/mol. The van der Waals surface area contributed by atoms with Gasteiger partial charge in [0.05, 0.1) is 11.4 Å². The molecule has 0 fully saturated rings. The van der Waals surface area contributed by atoms with Gasteiger partial charge in [-0.1, -0.05) is 297 Å². The van der Waals surface area contributed by atoms with Crippen LogP contribution < -0.4 is 9.80 Å². The predicted octanol–water partition coefficient (Wildman–Crippen LogP) is 27.2. The van der Waals surface area contributed by atoms with E-state index in [1.54, 1.807) is 0 Å². The Morgan fingerprint density at radius 3 is 1.10 bits per heavy atom. The fourth-order valence-corrected chi connectivity index (χ4v) is 15.0. The molecule has 0 bridgehead atoms. The van der Waals surface area contributed by atoms with Gasteiger partial charge in [-0.3, -0.25) is 0 Å². The molecule has 0 aliphatic heterocycles. The third-order valence-electron chi connectivity index (χ3n) is 19.8. The van der Waals surface area contributed by atoms with Gasteiger partial charge in [0.2, 0.25) is 0 Å². The van der Waals surface area contributed by atoms with Crippen LogP contribution in [0.5, 0.6) is 0 Å². The molecule has 98 heavy (non-hydrogen) atoms. The molecule has 2 heteroatoms. The maximum Gasteiger partial charge on any atom is 0.0540 e. The number of benzene rings is 18.